The molecule has 2 N–H and O–H groups in total. The van der Waals surface area contributed by atoms with E-state index in [1.807, 2.05) is 0 Å². The lowest BCUT2D eigenvalue weighted by atomic mass is 9.95. The lowest BCUT2D eigenvalue weighted by Crippen LogP contribution is -2.45. The van der Waals surface area contributed by atoms with Gasteiger partial charge in [-0.3, -0.25) is 9.78 Å². The molecule has 1 amide bonds. The number of amides is 1. The van der Waals surface area contributed by atoms with Crippen LogP contribution in [-0.2, 0) is 16.9 Å². The molecule has 0 saturated heterocycles. The summed E-state index contributed by atoms with van der Waals surface area (Å²) in [6.07, 6.45) is -3.23. The van der Waals surface area contributed by atoms with Crippen LogP contribution < -0.4 is 5.32 Å². The van der Waals surface area contributed by atoms with Crippen molar-refractivity contribution in [1.29, 1.82) is 0 Å². The van der Waals surface area contributed by atoms with Crippen LogP contribution in [0.2, 0.25) is 0 Å². The van der Waals surface area contributed by atoms with E-state index in [-0.39, 0.29) is 12.3 Å². The monoisotopic (exact) mass is 328 g/mol. The zero-order valence-electron chi connectivity index (χ0n) is 12.2. The molecule has 0 aromatic carbocycles. The summed E-state index contributed by atoms with van der Waals surface area (Å²) in [6.45, 7) is 1.46. The quantitative estimate of drug-likeness (QED) is 0.884. The van der Waals surface area contributed by atoms with E-state index in [0.717, 1.165) is 6.07 Å². The number of furan rings is 1. The molecule has 124 valence electrons. The molecule has 5 nitrogen and oxygen atoms in total. The molecule has 2 heterocycles. The van der Waals surface area contributed by atoms with Crippen LogP contribution in [0.3, 0.4) is 0 Å². The number of halogens is 3. The van der Waals surface area contributed by atoms with Crippen LogP contribution in [-0.4, -0.2) is 22.2 Å². The second-order valence-corrected chi connectivity index (χ2v) is 5.08. The highest BCUT2D eigenvalue weighted by molar-refractivity contribution is 5.77. The van der Waals surface area contributed by atoms with E-state index in [9.17, 15) is 23.1 Å². The molecule has 0 fully saturated rings. The number of hydrogen-bond donors (Lipinski definition) is 2. The fourth-order valence-corrected chi connectivity index (χ4v) is 1.98. The zero-order chi connectivity index (χ0) is 17.1. The molecule has 2 aromatic rings. The van der Waals surface area contributed by atoms with E-state index in [0.29, 0.717) is 5.56 Å². The summed E-state index contributed by atoms with van der Waals surface area (Å²) in [5, 5.41) is 12.3. The molecule has 0 aliphatic carbocycles. The van der Waals surface area contributed by atoms with Crippen molar-refractivity contribution < 1.29 is 27.5 Å². The highest BCUT2D eigenvalue weighted by Crippen LogP contribution is 2.42. The molecule has 0 saturated carbocycles. The van der Waals surface area contributed by atoms with Crippen LogP contribution in [0.5, 0.6) is 0 Å². The Kier molecular flexibility index (Phi) is 4.74. The van der Waals surface area contributed by atoms with Gasteiger partial charge in [0, 0.05) is 18.9 Å². The first-order valence-electron chi connectivity index (χ1n) is 6.74. The van der Waals surface area contributed by atoms with Crippen molar-refractivity contribution in [2.45, 2.75) is 31.7 Å². The number of carbonyl (C=O) groups excluding carboxylic acids is 1. The Morgan fingerprint density at radius 3 is 2.61 bits per heavy atom. The van der Waals surface area contributed by atoms with E-state index in [1.165, 1.54) is 25.4 Å². The van der Waals surface area contributed by atoms with Gasteiger partial charge in [-0.2, -0.15) is 13.2 Å². The van der Waals surface area contributed by atoms with Gasteiger partial charge in [0.05, 0.1) is 6.42 Å². The van der Waals surface area contributed by atoms with Gasteiger partial charge in [-0.25, -0.2) is 0 Å². The number of nitrogens with zero attached hydrogens (tertiary/aromatic N) is 1. The summed E-state index contributed by atoms with van der Waals surface area (Å²) in [4.78, 5) is 15.7. The Hall–Kier alpha value is -2.35. The fraction of sp³-hybridized carbons (Fsp3) is 0.333. The Balaban J connectivity index is 2.11. The third-order valence-corrected chi connectivity index (χ3v) is 3.25. The molecule has 1 atom stereocenters. The second-order valence-electron chi connectivity index (χ2n) is 5.08. The highest BCUT2D eigenvalue weighted by atomic mass is 19.4. The van der Waals surface area contributed by atoms with Gasteiger partial charge in [-0.15, -0.1) is 0 Å². The number of aryl methyl sites for hydroxylation is 1. The van der Waals surface area contributed by atoms with Crippen LogP contribution in [0.1, 0.15) is 23.5 Å². The Morgan fingerprint density at radius 2 is 2.09 bits per heavy atom. The minimum atomic E-state index is -5.05. The largest absolute Gasteiger partial charge is 0.463 e. The minimum absolute atomic E-state index is 0.0117. The van der Waals surface area contributed by atoms with Crippen LogP contribution >= 0.6 is 0 Å². The predicted octanol–water partition coefficient (Wildman–Crippen LogP) is 2.44. The topological polar surface area (TPSA) is 75.4 Å². The van der Waals surface area contributed by atoms with Crippen molar-refractivity contribution in [3.05, 3.63) is 53.7 Å². The molecule has 0 aliphatic rings. The van der Waals surface area contributed by atoms with Crippen molar-refractivity contribution in [1.82, 2.24) is 10.3 Å². The summed E-state index contributed by atoms with van der Waals surface area (Å²) in [5.74, 6) is -1.46. The number of nitrogens with one attached hydrogen (secondary N) is 1. The molecule has 2 rings (SSSR count). The molecule has 23 heavy (non-hydrogen) atoms. The Bertz CT molecular complexity index is 670. The third-order valence-electron chi connectivity index (χ3n) is 3.25. The van der Waals surface area contributed by atoms with Gasteiger partial charge in [0.2, 0.25) is 11.5 Å². The average Bonchev–Trinajstić information content (AvgIpc) is 2.92. The number of rotatable bonds is 5. The molecule has 8 heteroatoms. The van der Waals surface area contributed by atoms with E-state index in [2.05, 4.69) is 10.3 Å². The summed E-state index contributed by atoms with van der Waals surface area (Å²) < 4.78 is 44.5. The summed E-state index contributed by atoms with van der Waals surface area (Å²) >= 11 is 0. The summed E-state index contributed by atoms with van der Waals surface area (Å²) in [6, 6.07) is 5.61. The third kappa shape index (κ3) is 3.89. The number of aliphatic hydroxyl groups is 1. The molecular formula is C15H15F3N2O3. The maximum atomic E-state index is 13.2. The number of hydrogen-bond acceptors (Lipinski definition) is 4. The molecule has 0 spiro atoms. The van der Waals surface area contributed by atoms with Gasteiger partial charge in [0.1, 0.15) is 11.5 Å². The number of alkyl halides is 3. The lowest BCUT2D eigenvalue weighted by Gasteiger charge is -2.27. The number of pyridine rings is 1. The molecule has 0 bridgehead atoms. The van der Waals surface area contributed by atoms with Gasteiger partial charge in [0.15, 0.2) is 0 Å². The van der Waals surface area contributed by atoms with Crippen molar-refractivity contribution >= 4 is 5.91 Å². The smallest absolute Gasteiger partial charge is 0.425 e. The van der Waals surface area contributed by atoms with E-state index >= 15 is 0 Å². The van der Waals surface area contributed by atoms with Crippen LogP contribution in [0.15, 0.2) is 41.1 Å². The second kappa shape index (κ2) is 6.41. The van der Waals surface area contributed by atoms with Gasteiger partial charge in [-0.05, 0) is 30.7 Å². The van der Waals surface area contributed by atoms with Crippen LogP contribution in [0, 0.1) is 6.92 Å². The molecule has 0 radical (unpaired) electrons. The molecular weight excluding hydrogens is 313 g/mol. The molecule has 1 unspecified atom stereocenters. The van der Waals surface area contributed by atoms with E-state index in [1.54, 1.807) is 12.1 Å². The molecule has 0 aliphatic heterocycles. The standard InChI is InChI=1S/C15H15F3N2O3/c1-10-4-5-12(23-10)14(22,15(16,17)18)7-13(21)20-9-11-3-2-6-19-8-11/h2-6,8,22H,7,9H2,1H3,(H,20,21). The van der Waals surface area contributed by atoms with Crippen molar-refractivity contribution in [2.24, 2.45) is 0 Å². The van der Waals surface area contributed by atoms with Gasteiger partial charge < -0.3 is 14.8 Å². The highest BCUT2D eigenvalue weighted by Gasteiger charge is 2.58. The van der Waals surface area contributed by atoms with Crippen molar-refractivity contribution in [3.8, 4) is 0 Å². The van der Waals surface area contributed by atoms with Gasteiger partial charge in [0.25, 0.3) is 0 Å². The maximum absolute atomic E-state index is 13.2. The lowest BCUT2D eigenvalue weighted by molar-refractivity contribution is -0.273. The first-order valence-corrected chi connectivity index (χ1v) is 6.74. The Labute approximate surface area is 130 Å². The van der Waals surface area contributed by atoms with Crippen molar-refractivity contribution in [2.75, 3.05) is 0 Å². The predicted molar refractivity (Wildman–Crippen MR) is 74.1 cm³/mol. The minimum Gasteiger partial charge on any atom is -0.463 e. The molecule has 2 aromatic heterocycles. The first-order chi connectivity index (χ1) is 10.7. The zero-order valence-corrected chi connectivity index (χ0v) is 12.2. The summed E-state index contributed by atoms with van der Waals surface area (Å²) in [5.41, 5.74) is -2.74. The van der Waals surface area contributed by atoms with Crippen molar-refractivity contribution in [3.63, 3.8) is 0 Å². The maximum Gasteiger partial charge on any atom is 0.425 e. The first kappa shape index (κ1) is 17.0. The van der Waals surface area contributed by atoms with Crippen LogP contribution in [0.4, 0.5) is 13.2 Å². The summed E-state index contributed by atoms with van der Waals surface area (Å²) in [7, 11) is 0. The van der Waals surface area contributed by atoms with Gasteiger partial charge >= 0.3 is 6.18 Å². The van der Waals surface area contributed by atoms with Gasteiger partial charge in [-0.1, -0.05) is 6.07 Å². The van der Waals surface area contributed by atoms with E-state index < -0.39 is 29.9 Å². The number of aromatic nitrogens is 1. The SMILES string of the molecule is Cc1ccc(C(O)(CC(=O)NCc2cccnc2)C(F)(F)F)o1. The number of carbonyl (C=O) groups is 1. The van der Waals surface area contributed by atoms with Crippen LogP contribution in [0.25, 0.3) is 0 Å². The Morgan fingerprint density at radius 1 is 1.35 bits per heavy atom. The average molecular weight is 328 g/mol. The normalized spacial score (nSPS) is 14.3. The van der Waals surface area contributed by atoms with E-state index in [4.69, 9.17) is 4.42 Å². The fourth-order valence-electron chi connectivity index (χ4n) is 1.98.